The molecule has 0 amide bonds. The third-order valence-corrected chi connectivity index (χ3v) is 11.2. The summed E-state index contributed by atoms with van der Waals surface area (Å²) >= 11 is 0. The Labute approximate surface area is 326 Å². The van der Waals surface area contributed by atoms with Crippen LogP contribution in [-0.4, -0.2) is 24.1 Å². The van der Waals surface area contributed by atoms with Crippen LogP contribution >= 0.6 is 0 Å². The van der Waals surface area contributed by atoms with Crippen LogP contribution in [0.25, 0.3) is 111 Å². The SMILES string of the molecule is c1ccc(-c2ccc(-c3nc(-c4cccc5c4oc4cc(-n6c7ccccc7c7ccccc76)ccc45)nc(-n4c5ccccc5c5ccccc54)n3)cc2)cc1. The number of para-hydroxylation sites is 5. The maximum Gasteiger partial charge on any atom is 0.238 e. The molecule has 57 heavy (non-hydrogen) atoms. The lowest BCUT2D eigenvalue weighted by Gasteiger charge is -2.11. The van der Waals surface area contributed by atoms with Gasteiger partial charge in [0.2, 0.25) is 5.95 Å². The third kappa shape index (κ3) is 4.87. The molecule has 0 aliphatic heterocycles. The molecule has 0 bridgehead atoms. The molecule has 6 nitrogen and oxygen atoms in total. The number of hydrogen-bond acceptors (Lipinski definition) is 4. The van der Waals surface area contributed by atoms with Crippen molar-refractivity contribution in [2.24, 2.45) is 0 Å². The number of aromatic nitrogens is 5. The maximum absolute atomic E-state index is 6.86. The molecule has 0 N–H and O–H groups in total. The Bertz CT molecular complexity index is 3410. The number of nitrogens with zero attached hydrogens (tertiary/aromatic N) is 5. The number of rotatable bonds is 5. The van der Waals surface area contributed by atoms with Gasteiger partial charge in [-0.25, -0.2) is 4.98 Å². The summed E-state index contributed by atoms with van der Waals surface area (Å²) in [5.74, 6) is 1.66. The number of furan rings is 1. The fourth-order valence-electron chi connectivity index (χ4n) is 8.60. The van der Waals surface area contributed by atoms with Crippen LogP contribution in [0.5, 0.6) is 0 Å². The van der Waals surface area contributed by atoms with Crippen LogP contribution in [0.4, 0.5) is 0 Å². The van der Waals surface area contributed by atoms with E-state index in [1.54, 1.807) is 0 Å². The molecule has 8 aromatic carbocycles. The van der Waals surface area contributed by atoms with Crippen LogP contribution in [0, 0.1) is 0 Å². The van der Waals surface area contributed by atoms with Gasteiger partial charge in [-0.15, -0.1) is 0 Å². The first kappa shape index (κ1) is 31.5. The van der Waals surface area contributed by atoms with Crippen molar-refractivity contribution in [3.05, 3.63) is 188 Å². The van der Waals surface area contributed by atoms with Crippen molar-refractivity contribution < 1.29 is 4.42 Å². The van der Waals surface area contributed by atoms with Crippen molar-refractivity contribution in [3.63, 3.8) is 0 Å². The molecule has 0 aliphatic carbocycles. The minimum Gasteiger partial charge on any atom is -0.455 e. The van der Waals surface area contributed by atoms with Crippen molar-refractivity contribution in [1.82, 2.24) is 24.1 Å². The summed E-state index contributed by atoms with van der Waals surface area (Å²) in [6, 6.07) is 65.5. The van der Waals surface area contributed by atoms with E-state index in [0.29, 0.717) is 17.6 Å². The van der Waals surface area contributed by atoms with Gasteiger partial charge in [-0.1, -0.05) is 140 Å². The number of benzene rings is 8. The lowest BCUT2D eigenvalue weighted by molar-refractivity contribution is 0.669. The van der Waals surface area contributed by atoms with Crippen LogP contribution in [0.15, 0.2) is 192 Å². The summed E-state index contributed by atoms with van der Waals surface area (Å²) in [6.07, 6.45) is 0. The molecule has 0 unspecified atom stereocenters. The van der Waals surface area contributed by atoms with E-state index in [0.717, 1.165) is 82.7 Å². The zero-order valence-electron chi connectivity index (χ0n) is 30.5. The minimum atomic E-state index is 0.538. The lowest BCUT2D eigenvalue weighted by Crippen LogP contribution is -2.06. The van der Waals surface area contributed by atoms with Gasteiger partial charge in [-0.05, 0) is 53.6 Å². The monoisotopic (exact) mass is 729 g/mol. The van der Waals surface area contributed by atoms with Gasteiger partial charge >= 0.3 is 0 Å². The zero-order chi connectivity index (χ0) is 37.5. The van der Waals surface area contributed by atoms with E-state index in [-0.39, 0.29) is 0 Å². The Balaban J connectivity index is 1.07. The van der Waals surface area contributed by atoms with Gasteiger partial charge in [-0.3, -0.25) is 4.57 Å². The molecule has 12 aromatic rings. The first-order chi connectivity index (χ1) is 28.3. The molecule has 0 spiro atoms. The predicted molar refractivity (Wildman–Crippen MR) is 232 cm³/mol. The Hall–Kier alpha value is -7.83. The highest BCUT2D eigenvalue weighted by atomic mass is 16.3. The van der Waals surface area contributed by atoms with E-state index in [4.69, 9.17) is 19.4 Å². The Morgan fingerprint density at radius 3 is 1.49 bits per heavy atom. The molecule has 0 saturated carbocycles. The fraction of sp³-hybridized carbons (Fsp3) is 0. The highest BCUT2D eigenvalue weighted by molar-refractivity contribution is 6.12. The summed E-state index contributed by atoms with van der Waals surface area (Å²) in [7, 11) is 0. The van der Waals surface area contributed by atoms with Crippen LogP contribution in [0.2, 0.25) is 0 Å². The van der Waals surface area contributed by atoms with E-state index < -0.39 is 0 Å². The van der Waals surface area contributed by atoms with E-state index >= 15 is 0 Å². The molecule has 0 radical (unpaired) electrons. The number of fused-ring (bicyclic) bond motifs is 9. The molecule has 266 valence electrons. The van der Waals surface area contributed by atoms with E-state index in [1.165, 1.54) is 10.8 Å². The molecule has 6 heteroatoms. The lowest BCUT2D eigenvalue weighted by atomic mass is 10.0. The molecule has 0 atom stereocenters. The maximum atomic E-state index is 6.86. The largest absolute Gasteiger partial charge is 0.455 e. The third-order valence-electron chi connectivity index (χ3n) is 11.2. The van der Waals surface area contributed by atoms with Gasteiger partial charge in [0.25, 0.3) is 0 Å². The Morgan fingerprint density at radius 2 is 0.860 bits per heavy atom. The Kier molecular flexibility index (Phi) is 6.83. The smallest absolute Gasteiger partial charge is 0.238 e. The first-order valence-electron chi connectivity index (χ1n) is 19.1. The number of hydrogen-bond donors (Lipinski definition) is 0. The van der Waals surface area contributed by atoms with Crippen molar-refractivity contribution >= 4 is 65.6 Å². The van der Waals surface area contributed by atoms with E-state index in [2.05, 4.69) is 185 Å². The van der Waals surface area contributed by atoms with Gasteiger partial charge in [-0.2, -0.15) is 9.97 Å². The average molecular weight is 730 g/mol. The topological polar surface area (TPSA) is 61.7 Å². The summed E-state index contributed by atoms with van der Waals surface area (Å²) in [4.78, 5) is 15.6. The van der Waals surface area contributed by atoms with E-state index in [9.17, 15) is 0 Å². The van der Waals surface area contributed by atoms with Gasteiger partial charge in [0.05, 0.1) is 27.6 Å². The second-order valence-electron chi connectivity index (χ2n) is 14.4. The van der Waals surface area contributed by atoms with Crippen LogP contribution < -0.4 is 0 Å². The summed E-state index contributed by atoms with van der Waals surface area (Å²) < 4.78 is 11.3. The van der Waals surface area contributed by atoms with Crippen molar-refractivity contribution in [2.45, 2.75) is 0 Å². The normalized spacial score (nSPS) is 11.9. The van der Waals surface area contributed by atoms with Gasteiger partial charge < -0.3 is 8.98 Å². The molecule has 0 saturated heterocycles. The molecule has 0 aliphatic rings. The predicted octanol–water partition coefficient (Wildman–Crippen LogP) is 13.0. The van der Waals surface area contributed by atoms with Crippen LogP contribution in [-0.2, 0) is 0 Å². The highest BCUT2D eigenvalue weighted by Gasteiger charge is 2.21. The zero-order valence-corrected chi connectivity index (χ0v) is 30.5. The van der Waals surface area contributed by atoms with E-state index in [1.807, 2.05) is 12.1 Å². The molecule has 4 heterocycles. The van der Waals surface area contributed by atoms with Gasteiger partial charge in [0, 0.05) is 49.6 Å². The van der Waals surface area contributed by atoms with Crippen LogP contribution in [0.1, 0.15) is 0 Å². The van der Waals surface area contributed by atoms with Crippen molar-refractivity contribution in [2.75, 3.05) is 0 Å². The summed E-state index contributed by atoms with van der Waals surface area (Å²) in [5.41, 5.74) is 10.9. The molecular weight excluding hydrogens is 699 g/mol. The fourth-order valence-corrected chi connectivity index (χ4v) is 8.60. The highest BCUT2D eigenvalue weighted by Crippen LogP contribution is 2.39. The van der Waals surface area contributed by atoms with Gasteiger partial charge in [0.15, 0.2) is 11.6 Å². The summed E-state index contributed by atoms with van der Waals surface area (Å²) in [5, 5.41) is 6.76. The molecule has 4 aromatic heterocycles. The summed E-state index contributed by atoms with van der Waals surface area (Å²) in [6.45, 7) is 0. The first-order valence-corrected chi connectivity index (χ1v) is 19.1. The van der Waals surface area contributed by atoms with Gasteiger partial charge in [0.1, 0.15) is 11.2 Å². The molecule has 12 rings (SSSR count). The average Bonchev–Trinajstić information content (AvgIpc) is 3.94. The van der Waals surface area contributed by atoms with Crippen LogP contribution in [0.3, 0.4) is 0 Å². The second kappa shape index (κ2) is 12.3. The Morgan fingerprint density at radius 1 is 0.351 bits per heavy atom. The second-order valence-corrected chi connectivity index (χ2v) is 14.4. The standard InChI is InChI=1S/C51H31N5O/c1-2-13-32(14-3-1)33-25-27-34(28-26-33)49-52-50(54-51(53-49)56-45-23-10-6-17-38(45)39-18-7-11-24-46(39)56)42-20-12-19-41-40-30-29-35(31-47(40)57-48(41)42)55-43-21-8-4-15-36(43)37-16-5-9-22-44(37)55/h1-31H. The van der Waals surface area contributed by atoms with Crippen molar-refractivity contribution in [1.29, 1.82) is 0 Å². The molecule has 0 fully saturated rings. The quantitative estimate of drug-likeness (QED) is 0.177. The molecular formula is C51H31N5O. The van der Waals surface area contributed by atoms with Crippen molar-refractivity contribution in [3.8, 4) is 45.5 Å². The minimum absolute atomic E-state index is 0.538.